The highest BCUT2D eigenvalue weighted by molar-refractivity contribution is 5.92. The third-order valence-electron chi connectivity index (χ3n) is 3.55. The Morgan fingerprint density at radius 1 is 1.24 bits per heavy atom. The summed E-state index contributed by atoms with van der Waals surface area (Å²) in [7, 11) is 0. The van der Waals surface area contributed by atoms with Crippen LogP contribution in [0.5, 0.6) is 0 Å². The first-order chi connectivity index (χ1) is 10.1. The van der Waals surface area contributed by atoms with Gasteiger partial charge in [-0.3, -0.25) is 4.79 Å². The van der Waals surface area contributed by atoms with Gasteiger partial charge in [0.05, 0.1) is 12.2 Å². The van der Waals surface area contributed by atoms with E-state index in [2.05, 4.69) is 20.6 Å². The monoisotopic (exact) mass is 290 g/mol. The fourth-order valence-corrected chi connectivity index (χ4v) is 2.38. The van der Waals surface area contributed by atoms with Crippen LogP contribution in [0.3, 0.4) is 0 Å². The minimum Gasteiger partial charge on any atom is -0.350 e. The fourth-order valence-electron chi connectivity index (χ4n) is 2.38. The molecular formula is C14H18N4O3. The highest BCUT2D eigenvalue weighted by atomic mass is 16.5. The molecule has 2 aromatic rings. The maximum atomic E-state index is 12.2. The van der Waals surface area contributed by atoms with Crippen LogP contribution in [-0.4, -0.2) is 21.2 Å². The van der Waals surface area contributed by atoms with Crippen molar-refractivity contribution in [2.75, 3.05) is 0 Å². The first-order valence-electron chi connectivity index (χ1n) is 7.23. The maximum Gasteiger partial charge on any atom is 0.290 e. The highest BCUT2D eigenvalue weighted by Crippen LogP contribution is 2.23. The van der Waals surface area contributed by atoms with Gasteiger partial charge < -0.3 is 14.4 Å². The van der Waals surface area contributed by atoms with Crippen LogP contribution < -0.4 is 5.32 Å². The standard InChI is InChI=1S/C14H18N4O3/c1-8(2)14-16-11(18-21-14)7-15-13(19)12-9-5-3-4-6-10(9)17-20-12/h8H,3-7H2,1-2H3,(H,15,19). The van der Waals surface area contributed by atoms with Crippen LogP contribution in [0.4, 0.5) is 0 Å². The zero-order chi connectivity index (χ0) is 14.8. The Labute approximate surface area is 122 Å². The minimum atomic E-state index is -0.276. The summed E-state index contributed by atoms with van der Waals surface area (Å²) in [5, 5.41) is 10.6. The quantitative estimate of drug-likeness (QED) is 0.925. The Bertz CT molecular complexity index is 644. The van der Waals surface area contributed by atoms with Crippen molar-refractivity contribution in [3.63, 3.8) is 0 Å². The fraction of sp³-hybridized carbons (Fsp3) is 0.571. The number of fused-ring (bicyclic) bond motifs is 1. The van der Waals surface area contributed by atoms with E-state index in [1.165, 1.54) is 0 Å². The lowest BCUT2D eigenvalue weighted by atomic mass is 9.96. The van der Waals surface area contributed by atoms with Crippen molar-refractivity contribution in [2.24, 2.45) is 0 Å². The molecule has 112 valence electrons. The van der Waals surface area contributed by atoms with E-state index in [9.17, 15) is 4.79 Å². The van der Waals surface area contributed by atoms with E-state index in [-0.39, 0.29) is 18.4 Å². The van der Waals surface area contributed by atoms with E-state index in [0.29, 0.717) is 17.5 Å². The largest absolute Gasteiger partial charge is 0.350 e. The molecule has 0 unspecified atom stereocenters. The van der Waals surface area contributed by atoms with E-state index in [0.717, 1.165) is 36.9 Å². The average Bonchev–Trinajstić information content (AvgIpc) is 3.11. The van der Waals surface area contributed by atoms with Gasteiger partial charge in [0, 0.05) is 11.5 Å². The van der Waals surface area contributed by atoms with Crippen LogP contribution in [-0.2, 0) is 19.4 Å². The molecule has 21 heavy (non-hydrogen) atoms. The van der Waals surface area contributed by atoms with Gasteiger partial charge in [0.1, 0.15) is 0 Å². The summed E-state index contributed by atoms with van der Waals surface area (Å²) >= 11 is 0. The van der Waals surface area contributed by atoms with Gasteiger partial charge in [-0.25, -0.2) is 0 Å². The average molecular weight is 290 g/mol. The Kier molecular flexibility index (Phi) is 3.72. The number of hydrogen-bond acceptors (Lipinski definition) is 6. The Balaban J connectivity index is 1.65. The number of hydrogen-bond donors (Lipinski definition) is 1. The molecule has 3 rings (SSSR count). The van der Waals surface area contributed by atoms with E-state index in [4.69, 9.17) is 9.05 Å². The minimum absolute atomic E-state index is 0.170. The summed E-state index contributed by atoms with van der Waals surface area (Å²) in [6, 6.07) is 0. The van der Waals surface area contributed by atoms with Crippen molar-refractivity contribution >= 4 is 5.91 Å². The normalized spacial score (nSPS) is 14.2. The third-order valence-corrected chi connectivity index (χ3v) is 3.55. The van der Waals surface area contributed by atoms with Crippen molar-refractivity contribution in [3.8, 4) is 0 Å². The Morgan fingerprint density at radius 3 is 2.81 bits per heavy atom. The van der Waals surface area contributed by atoms with Crippen molar-refractivity contribution in [3.05, 3.63) is 28.7 Å². The summed E-state index contributed by atoms with van der Waals surface area (Å²) in [5.74, 6) is 1.23. The lowest BCUT2D eigenvalue weighted by Gasteiger charge is -2.08. The van der Waals surface area contributed by atoms with Gasteiger partial charge in [-0.1, -0.05) is 24.2 Å². The zero-order valence-corrected chi connectivity index (χ0v) is 12.2. The molecule has 0 fully saturated rings. The van der Waals surface area contributed by atoms with Gasteiger partial charge in [0.15, 0.2) is 5.82 Å². The van der Waals surface area contributed by atoms with Crippen molar-refractivity contribution in [2.45, 2.75) is 52.0 Å². The molecule has 1 N–H and O–H groups in total. The molecular weight excluding hydrogens is 272 g/mol. The number of amides is 1. The molecule has 0 atom stereocenters. The number of aromatic nitrogens is 3. The van der Waals surface area contributed by atoms with Crippen LogP contribution in [0.25, 0.3) is 0 Å². The third kappa shape index (κ3) is 2.81. The predicted molar refractivity (Wildman–Crippen MR) is 72.7 cm³/mol. The van der Waals surface area contributed by atoms with Gasteiger partial charge in [-0.2, -0.15) is 4.98 Å². The molecule has 0 saturated heterocycles. The van der Waals surface area contributed by atoms with E-state index < -0.39 is 0 Å². The zero-order valence-electron chi connectivity index (χ0n) is 12.2. The molecule has 0 aromatic carbocycles. The molecule has 2 aromatic heterocycles. The second kappa shape index (κ2) is 5.67. The van der Waals surface area contributed by atoms with E-state index in [1.807, 2.05) is 13.8 Å². The van der Waals surface area contributed by atoms with Crippen LogP contribution in [0.1, 0.15) is 66.1 Å². The summed E-state index contributed by atoms with van der Waals surface area (Å²) < 4.78 is 10.3. The van der Waals surface area contributed by atoms with Crippen molar-refractivity contribution in [1.29, 1.82) is 0 Å². The molecule has 7 nitrogen and oxygen atoms in total. The first-order valence-corrected chi connectivity index (χ1v) is 7.23. The van der Waals surface area contributed by atoms with Crippen LogP contribution in [0.15, 0.2) is 9.05 Å². The smallest absolute Gasteiger partial charge is 0.290 e. The molecule has 2 heterocycles. The summed E-state index contributed by atoms with van der Waals surface area (Å²) in [6.07, 6.45) is 3.90. The van der Waals surface area contributed by atoms with Gasteiger partial charge in [-0.15, -0.1) is 0 Å². The van der Waals surface area contributed by atoms with E-state index in [1.54, 1.807) is 0 Å². The van der Waals surface area contributed by atoms with Gasteiger partial charge >= 0.3 is 0 Å². The molecule has 1 aliphatic carbocycles. The lowest BCUT2D eigenvalue weighted by molar-refractivity contribution is 0.0911. The molecule has 0 spiro atoms. The molecule has 1 aliphatic rings. The van der Waals surface area contributed by atoms with E-state index >= 15 is 0 Å². The number of nitrogens with zero attached hydrogens (tertiary/aromatic N) is 3. The number of rotatable bonds is 4. The van der Waals surface area contributed by atoms with Crippen LogP contribution >= 0.6 is 0 Å². The molecule has 0 saturated carbocycles. The highest BCUT2D eigenvalue weighted by Gasteiger charge is 2.24. The Morgan fingerprint density at radius 2 is 2.05 bits per heavy atom. The van der Waals surface area contributed by atoms with Gasteiger partial charge in [-0.05, 0) is 25.7 Å². The van der Waals surface area contributed by atoms with Gasteiger partial charge in [0.25, 0.3) is 5.91 Å². The molecule has 0 aliphatic heterocycles. The second-order valence-corrected chi connectivity index (χ2v) is 5.53. The molecule has 0 bridgehead atoms. The molecule has 1 amide bonds. The maximum absolute atomic E-state index is 12.2. The summed E-state index contributed by atoms with van der Waals surface area (Å²) in [5.41, 5.74) is 1.85. The predicted octanol–water partition coefficient (Wildman–Crippen LogP) is 1.99. The van der Waals surface area contributed by atoms with Crippen LogP contribution in [0.2, 0.25) is 0 Å². The lowest BCUT2D eigenvalue weighted by Crippen LogP contribution is -2.24. The first kappa shape index (κ1) is 13.8. The van der Waals surface area contributed by atoms with Gasteiger partial charge in [0.2, 0.25) is 11.7 Å². The number of carbonyl (C=O) groups is 1. The second-order valence-electron chi connectivity index (χ2n) is 5.53. The topological polar surface area (TPSA) is 94.1 Å². The molecule has 7 heteroatoms. The van der Waals surface area contributed by atoms with Crippen LogP contribution in [0, 0.1) is 0 Å². The number of aryl methyl sites for hydroxylation is 1. The summed E-state index contributed by atoms with van der Waals surface area (Å²) in [6.45, 7) is 4.15. The van der Waals surface area contributed by atoms with Crippen molar-refractivity contribution < 1.29 is 13.8 Å². The van der Waals surface area contributed by atoms with Crippen molar-refractivity contribution in [1.82, 2.24) is 20.6 Å². The summed E-state index contributed by atoms with van der Waals surface area (Å²) in [4.78, 5) is 16.4. The Hall–Kier alpha value is -2.18. The molecule has 0 radical (unpaired) electrons. The number of carbonyl (C=O) groups excluding carboxylic acids is 1. The SMILES string of the molecule is CC(C)c1nc(CNC(=O)c2onc3c2CCCC3)no1. The number of nitrogens with one attached hydrogen (secondary N) is 1.